The van der Waals surface area contributed by atoms with Gasteiger partial charge in [0.1, 0.15) is 0 Å². The van der Waals surface area contributed by atoms with E-state index in [2.05, 4.69) is 56.0 Å². The van der Waals surface area contributed by atoms with Crippen LogP contribution < -0.4 is 5.32 Å². The molecule has 0 aromatic carbocycles. The van der Waals surface area contributed by atoms with Gasteiger partial charge in [-0.3, -0.25) is 0 Å². The third-order valence-electron chi connectivity index (χ3n) is 1.42. The molecule has 68 valence electrons. The van der Waals surface area contributed by atoms with Crippen LogP contribution in [-0.4, -0.2) is 11.0 Å². The molecule has 4 heteroatoms. The van der Waals surface area contributed by atoms with Gasteiger partial charge >= 0.3 is 0 Å². The summed E-state index contributed by atoms with van der Waals surface area (Å²) in [5, 5.41) is 3.40. The normalized spacial score (nSPS) is 10.5. The van der Waals surface area contributed by atoms with Crippen LogP contribution in [0.4, 0.5) is 0 Å². The number of hydrogen-bond donors (Lipinski definition) is 1. The van der Waals surface area contributed by atoms with Crippen LogP contribution in [0.1, 0.15) is 11.3 Å². The Balaban J connectivity index is 2.15. The van der Waals surface area contributed by atoms with Crippen LogP contribution in [0.3, 0.4) is 0 Å². The van der Waals surface area contributed by atoms with Gasteiger partial charge in [0.2, 0.25) is 0 Å². The van der Waals surface area contributed by atoms with Gasteiger partial charge in [-0.1, -0.05) is 22.6 Å². The fourth-order valence-electron chi connectivity index (χ4n) is 0.850. The van der Waals surface area contributed by atoms with E-state index in [0.29, 0.717) is 0 Å². The molecule has 0 radical (unpaired) electrons. The lowest BCUT2D eigenvalue weighted by Crippen LogP contribution is -2.13. The van der Waals surface area contributed by atoms with Crippen molar-refractivity contribution in [3.8, 4) is 0 Å². The fourth-order valence-corrected chi connectivity index (χ4v) is 2.68. The standard InChI is InChI=1S/C8H11BrINS/c9-8-3-2-7(12-8)6-11-5-1-4-10/h2-3,11H,1,4-6H2. The van der Waals surface area contributed by atoms with Crippen LogP contribution in [-0.2, 0) is 6.54 Å². The van der Waals surface area contributed by atoms with Crippen molar-refractivity contribution in [3.63, 3.8) is 0 Å². The van der Waals surface area contributed by atoms with Gasteiger partial charge in [-0.05, 0) is 41.0 Å². The highest BCUT2D eigenvalue weighted by atomic mass is 127. The average molecular weight is 360 g/mol. The van der Waals surface area contributed by atoms with E-state index in [-0.39, 0.29) is 0 Å². The Bertz CT molecular complexity index is 227. The van der Waals surface area contributed by atoms with Crippen molar-refractivity contribution in [1.82, 2.24) is 5.32 Å². The minimum atomic E-state index is 1.01. The molecule has 0 unspecified atom stereocenters. The van der Waals surface area contributed by atoms with E-state index in [1.54, 1.807) is 11.3 Å². The Labute approximate surface area is 99.2 Å². The molecule has 0 saturated heterocycles. The zero-order chi connectivity index (χ0) is 8.81. The minimum Gasteiger partial charge on any atom is -0.312 e. The highest BCUT2D eigenvalue weighted by molar-refractivity contribution is 14.1. The lowest BCUT2D eigenvalue weighted by atomic mass is 10.4. The topological polar surface area (TPSA) is 12.0 Å². The molecule has 1 heterocycles. The number of hydrogen-bond acceptors (Lipinski definition) is 2. The second-order valence-corrected chi connectivity index (χ2v) is 6.05. The van der Waals surface area contributed by atoms with E-state index in [0.717, 1.165) is 13.1 Å². The van der Waals surface area contributed by atoms with Crippen molar-refractivity contribution in [1.29, 1.82) is 0 Å². The van der Waals surface area contributed by atoms with Crippen molar-refractivity contribution in [2.24, 2.45) is 0 Å². The zero-order valence-electron chi connectivity index (χ0n) is 6.65. The quantitative estimate of drug-likeness (QED) is 0.482. The summed E-state index contributed by atoms with van der Waals surface area (Å²) in [6.07, 6.45) is 1.26. The first-order chi connectivity index (χ1) is 5.83. The summed E-state index contributed by atoms with van der Waals surface area (Å²) in [6.45, 7) is 2.13. The van der Waals surface area contributed by atoms with Crippen molar-refractivity contribution < 1.29 is 0 Å². The van der Waals surface area contributed by atoms with Crippen LogP contribution in [0, 0.1) is 0 Å². The van der Waals surface area contributed by atoms with Crippen LogP contribution in [0.25, 0.3) is 0 Å². The molecule has 1 nitrogen and oxygen atoms in total. The molecule has 0 aliphatic rings. The summed E-state index contributed by atoms with van der Waals surface area (Å²) in [6, 6.07) is 4.26. The van der Waals surface area contributed by atoms with Gasteiger partial charge in [0.25, 0.3) is 0 Å². The van der Waals surface area contributed by atoms with Gasteiger partial charge < -0.3 is 5.32 Å². The summed E-state index contributed by atoms with van der Waals surface area (Å²) >= 11 is 7.64. The molecule has 0 fully saturated rings. The molecule has 0 atom stereocenters. The van der Waals surface area contributed by atoms with E-state index in [1.807, 2.05) is 0 Å². The maximum absolute atomic E-state index is 3.44. The van der Waals surface area contributed by atoms with Crippen molar-refractivity contribution in [2.45, 2.75) is 13.0 Å². The number of thiophene rings is 1. The summed E-state index contributed by atoms with van der Waals surface area (Å²) in [5.41, 5.74) is 0. The molecular formula is C8H11BrINS. The SMILES string of the molecule is Brc1ccc(CNCCCI)s1. The zero-order valence-corrected chi connectivity index (χ0v) is 11.2. The molecule has 1 aromatic rings. The van der Waals surface area contributed by atoms with E-state index in [9.17, 15) is 0 Å². The molecule has 12 heavy (non-hydrogen) atoms. The van der Waals surface area contributed by atoms with Gasteiger partial charge in [-0.15, -0.1) is 11.3 Å². The first-order valence-corrected chi connectivity index (χ1v) is 6.97. The summed E-state index contributed by atoms with van der Waals surface area (Å²) in [5.74, 6) is 0. The molecule has 0 bridgehead atoms. The molecule has 1 rings (SSSR count). The predicted molar refractivity (Wildman–Crippen MR) is 67.2 cm³/mol. The van der Waals surface area contributed by atoms with Gasteiger partial charge in [-0.25, -0.2) is 0 Å². The monoisotopic (exact) mass is 359 g/mol. The number of halogens is 2. The van der Waals surface area contributed by atoms with Crippen LogP contribution in [0.15, 0.2) is 15.9 Å². The molecule has 1 aromatic heterocycles. The molecular weight excluding hydrogens is 349 g/mol. The van der Waals surface area contributed by atoms with Gasteiger partial charge in [-0.2, -0.15) is 0 Å². The molecule has 0 saturated carbocycles. The summed E-state index contributed by atoms with van der Waals surface area (Å²) < 4.78 is 2.45. The number of nitrogens with one attached hydrogen (secondary N) is 1. The minimum absolute atomic E-state index is 1.01. The first kappa shape index (κ1) is 10.9. The Kier molecular flexibility index (Phi) is 5.79. The van der Waals surface area contributed by atoms with Crippen LogP contribution in [0.2, 0.25) is 0 Å². The fraction of sp³-hybridized carbons (Fsp3) is 0.500. The predicted octanol–water partition coefficient (Wildman–Crippen LogP) is 3.43. The summed E-state index contributed by atoms with van der Waals surface area (Å²) in [4.78, 5) is 1.40. The second kappa shape index (κ2) is 6.34. The number of alkyl halides is 1. The van der Waals surface area contributed by atoms with Crippen molar-refractivity contribution >= 4 is 49.9 Å². The van der Waals surface area contributed by atoms with Crippen molar-refractivity contribution in [3.05, 3.63) is 20.8 Å². The van der Waals surface area contributed by atoms with E-state index >= 15 is 0 Å². The average Bonchev–Trinajstić information content (AvgIpc) is 2.45. The van der Waals surface area contributed by atoms with Crippen LogP contribution in [0.5, 0.6) is 0 Å². The lowest BCUT2D eigenvalue weighted by molar-refractivity contribution is 0.688. The lowest BCUT2D eigenvalue weighted by Gasteiger charge is -1.99. The maximum atomic E-state index is 3.44. The molecule has 0 aliphatic heterocycles. The Morgan fingerprint density at radius 3 is 2.92 bits per heavy atom. The van der Waals surface area contributed by atoms with E-state index in [4.69, 9.17) is 0 Å². The van der Waals surface area contributed by atoms with Crippen LogP contribution >= 0.6 is 49.9 Å². The molecule has 0 spiro atoms. The maximum Gasteiger partial charge on any atom is 0.0701 e. The second-order valence-electron chi connectivity index (χ2n) is 2.43. The highest BCUT2D eigenvalue weighted by Gasteiger charge is 1.95. The molecule has 1 N–H and O–H groups in total. The van der Waals surface area contributed by atoms with E-state index < -0.39 is 0 Å². The third-order valence-corrected chi connectivity index (χ3v) is 3.80. The number of rotatable bonds is 5. The highest BCUT2D eigenvalue weighted by Crippen LogP contribution is 2.21. The summed E-state index contributed by atoms with van der Waals surface area (Å²) in [7, 11) is 0. The van der Waals surface area contributed by atoms with Gasteiger partial charge in [0.15, 0.2) is 0 Å². The molecule has 0 aliphatic carbocycles. The Hall–Kier alpha value is 0.870. The first-order valence-electron chi connectivity index (χ1n) is 3.84. The molecule has 0 amide bonds. The Morgan fingerprint density at radius 2 is 2.33 bits per heavy atom. The van der Waals surface area contributed by atoms with Gasteiger partial charge in [0, 0.05) is 15.8 Å². The smallest absolute Gasteiger partial charge is 0.0701 e. The Morgan fingerprint density at radius 1 is 1.50 bits per heavy atom. The van der Waals surface area contributed by atoms with Gasteiger partial charge in [0.05, 0.1) is 3.79 Å². The third kappa shape index (κ3) is 4.20. The largest absolute Gasteiger partial charge is 0.312 e. The van der Waals surface area contributed by atoms with E-state index in [1.165, 1.54) is 19.5 Å². The van der Waals surface area contributed by atoms with Crippen molar-refractivity contribution in [2.75, 3.05) is 11.0 Å².